The second kappa shape index (κ2) is 6.10. The lowest BCUT2D eigenvalue weighted by Crippen LogP contribution is -2.24. The Labute approximate surface area is 141 Å². The summed E-state index contributed by atoms with van der Waals surface area (Å²) in [4.78, 5) is 15.7. The highest BCUT2D eigenvalue weighted by Gasteiger charge is 2.26. The summed E-state index contributed by atoms with van der Waals surface area (Å²) in [5.74, 6) is -0.380. The van der Waals surface area contributed by atoms with Gasteiger partial charge in [-0.25, -0.2) is 4.79 Å². The van der Waals surface area contributed by atoms with Crippen LogP contribution < -0.4 is 0 Å². The third-order valence-corrected chi connectivity index (χ3v) is 3.67. The van der Waals surface area contributed by atoms with Gasteiger partial charge < -0.3 is 9.72 Å². The van der Waals surface area contributed by atoms with Crippen molar-refractivity contribution in [3.63, 3.8) is 0 Å². The number of H-pyrrole nitrogens is 1. The van der Waals surface area contributed by atoms with Crippen molar-refractivity contribution in [3.8, 4) is 17.2 Å². The van der Waals surface area contributed by atoms with Crippen LogP contribution in [0.3, 0.4) is 0 Å². The van der Waals surface area contributed by atoms with Crippen molar-refractivity contribution in [3.05, 3.63) is 45.7 Å². The van der Waals surface area contributed by atoms with Crippen molar-refractivity contribution in [2.75, 3.05) is 0 Å². The summed E-state index contributed by atoms with van der Waals surface area (Å²) >= 11 is 6.13. The van der Waals surface area contributed by atoms with Crippen LogP contribution in [0, 0.1) is 25.2 Å². The summed E-state index contributed by atoms with van der Waals surface area (Å²) in [6, 6.07) is 7.17. The Morgan fingerprint density at radius 2 is 1.91 bits per heavy atom. The maximum Gasteiger partial charge on any atom is 0.341 e. The number of aromatic nitrogens is 1. The van der Waals surface area contributed by atoms with E-state index < -0.39 is 5.60 Å². The number of carbonyl (C=O) groups excluding carboxylic acids is 1. The second-order valence-electron chi connectivity index (χ2n) is 6.43. The number of hydrogen-bond acceptors (Lipinski definition) is 3. The van der Waals surface area contributed by atoms with E-state index in [4.69, 9.17) is 21.6 Å². The van der Waals surface area contributed by atoms with E-state index in [1.807, 2.05) is 40.7 Å². The van der Waals surface area contributed by atoms with E-state index in [-0.39, 0.29) is 5.97 Å². The Bertz CT molecular complexity index is 808. The van der Waals surface area contributed by atoms with Gasteiger partial charge in [0.1, 0.15) is 11.7 Å². The molecule has 4 nitrogen and oxygen atoms in total. The number of nitrogens with one attached hydrogen (secondary N) is 1. The predicted molar refractivity (Wildman–Crippen MR) is 90.6 cm³/mol. The monoisotopic (exact) mass is 330 g/mol. The van der Waals surface area contributed by atoms with Gasteiger partial charge in [-0.05, 0) is 52.3 Å². The van der Waals surface area contributed by atoms with Crippen LogP contribution >= 0.6 is 11.6 Å². The zero-order chi connectivity index (χ0) is 17.4. The van der Waals surface area contributed by atoms with E-state index >= 15 is 0 Å². The van der Waals surface area contributed by atoms with Crippen LogP contribution in [0.5, 0.6) is 0 Å². The van der Waals surface area contributed by atoms with Crippen LogP contribution in [0.25, 0.3) is 11.1 Å². The number of ether oxygens (including phenoxy) is 1. The molecule has 1 heterocycles. The van der Waals surface area contributed by atoms with Crippen molar-refractivity contribution >= 4 is 17.6 Å². The molecular formula is C18H19ClN2O2. The molecule has 5 heteroatoms. The Hall–Kier alpha value is -2.25. The lowest BCUT2D eigenvalue weighted by atomic mass is 9.99. The van der Waals surface area contributed by atoms with Crippen molar-refractivity contribution in [2.24, 2.45) is 0 Å². The highest BCUT2D eigenvalue weighted by Crippen LogP contribution is 2.33. The zero-order valence-electron chi connectivity index (χ0n) is 13.9. The first-order chi connectivity index (χ1) is 10.6. The number of halogens is 1. The number of rotatable bonds is 2. The number of nitriles is 1. The van der Waals surface area contributed by atoms with Crippen molar-refractivity contribution in [1.29, 1.82) is 5.26 Å². The predicted octanol–water partition coefficient (Wildman–Crippen LogP) is 4.78. The minimum Gasteiger partial charge on any atom is -0.456 e. The van der Waals surface area contributed by atoms with Crippen LogP contribution in [0.1, 0.15) is 48.1 Å². The number of nitrogens with zero attached hydrogens (tertiary/aromatic N) is 1. The molecule has 2 aromatic rings. The quantitative estimate of drug-likeness (QED) is 0.806. The maximum absolute atomic E-state index is 12.6. The fourth-order valence-electron chi connectivity index (χ4n) is 2.49. The highest BCUT2D eigenvalue weighted by atomic mass is 35.5. The van der Waals surface area contributed by atoms with E-state index in [1.54, 1.807) is 18.2 Å². The summed E-state index contributed by atoms with van der Waals surface area (Å²) in [6.45, 7) is 9.22. The van der Waals surface area contributed by atoms with E-state index in [1.165, 1.54) is 0 Å². The summed E-state index contributed by atoms with van der Waals surface area (Å²) in [5.41, 5.74) is 3.45. The van der Waals surface area contributed by atoms with Gasteiger partial charge in [0, 0.05) is 17.0 Å². The summed E-state index contributed by atoms with van der Waals surface area (Å²) < 4.78 is 5.51. The Morgan fingerprint density at radius 3 is 2.43 bits per heavy atom. The van der Waals surface area contributed by atoms with Crippen LogP contribution in [-0.2, 0) is 4.74 Å². The number of aryl methyl sites for hydroxylation is 2. The van der Waals surface area contributed by atoms with Crippen LogP contribution in [0.2, 0.25) is 5.02 Å². The Balaban J connectivity index is 2.58. The minimum atomic E-state index is -0.575. The van der Waals surface area contributed by atoms with Gasteiger partial charge in [0.15, 0.2) is 0 Å². The number of esters is 1. The molecule has 0 saturated carbocycles. The summed E-state index contributed by atoms with van der Waals surface area (Å²) in [7, 11) is 0. The first-order valence-electron chi connectivity index (χ1n) is 7.26. The molecule has 0 aliphatic carbocycles. The van der Waals surface area contributed by atoms with Gasteiger partial charge in [-0.15, -0.1) is 0 Å². The molecule has 0 amide bonds. The molecule has 2 rings (SSSR count). The van der Waals surface area contributed by atoms with Crippen LogP contribution in [-0.4, -0.2) is 16.6 Å². The minimum absolute atomic E-state index is 0.360. The molecule has 1 N–H and O–H groups in total. The normalized spacial score (nSPS) is 11.2. The number of carbonyl (C=O) groups is 1. The molecule has 0 aliphatic heterocycles. The van der Waals surface area contributed by atoms with Gasteiger partial charge in [-0.3, -0.25) is 0 Å². The average molecular weight is 331 g/mol. The first-order valence-corrected chi connectivity index (χ1v) is 7.64. The average Bonchev–Trinajstić information content (AvgIpc) is 2.71. The first kappa shape index (κ1) is 17.1. The molecule has 1 aromatic carbocycles. The topological polar surface area (TPSA) is 65.9 Å². The molecule has 0 spiro atoms. The third-order valence-electron chi connectivity index (χ3n) is 3.36. The van der Waals surface area contributed by atoms with Crippen molar-refractivity contribution in [1.82, 2.24) is 4.98 Å². The van der Waals surface area contributed by atoms with E-state index in [9.17, 15) is 4.79 Å². The number of hydrogen-bond donors (Lipinski definition) is 1. The van der Waals surface area contributed by atoms with E-state index in [0.717, 1.165) is 22.5 Å². The SMILES string of the molecule is Cc1[nH]c(C)c(-c2ccc(C#N)c(Cl)c2)c1C(=O)OC(C)(C)C. The number of aromatic amines is 1. The van der Waals surface area contributed by atoms with Gasteiger partial charge >= 0.3 is 5.97 Å². The lowest BCUT2D eigenvalue weighted by molar-refractivity contribution is 0.00698. The molecule has 1 aromatic heterocycles. The van der Waals surface area contributed by atoms with E-state index in [2.05, 4.69) is 4.98 Å². The fraction of sp³-hybridized carbons (Fsp3) is 0.333. The molecule has 23 heavy (non-hydrogen) atoms. The molecule has 0 aliphatic rings. The fourth-order valence-corrected chi connectivity index (χ4v) is 2.71. The zero-order valence-corrected chi connectivity index (χ0v) is 14.6. The molecule has 0 atom stereocenters. The number of benzene rings is 1. The van der Waals surface area contributed by atoms with Crippen molar-refractivity contribution < 1.29 is 9.53 Å². The van der Waals surface area contributed by atoms with Gasteiger partial charge in [-0.1, -0.05) is 17.7 Å². The lowest BCUT2D eigenvalue weighted by Gasteiger charge is -2.20. The third kappa shape index (κ3) is 3.57. The highest BCUT2D eigenvalue weighted by molar-refractivity contribution is 6.32. The smallest absolute Gasteiger partial charge is 0.341 e. The Morgan fingerprint density at radius 1 is 1.26 bits per heavy atom. The largest absolute Gasteiger partial charge is 0.456 e. The summed E-state index contributed by atoms with van der Waals surface area (Å²) in [6.07, 6.45) is 0. The van der Waals surface area contributed by atoms with Gasteiger partial charge in [0.25, 0.3) is 0 Å². The molecule has 120 valence electrons. The van der Waals surface area contributed by atoms with E-state index in [0.29, 0.717) is 16.1 Å². The molecule has 0 radical (unpaired) electrons. The molecule has 0 unspecified atom stereocenters. The van der Waals surface area contributed by atoms with Gasteiger partial charge in [-0.2, -0.15) is 5.26 Å². The molecule has 0 bridgehead atoms. The molecular weight excluding hydrogens is 312 g/mol. The van der Waals surface area contributed by atoms with Gasteiger partial charge in [0.05, 0.1) is 16.1 Å². The summed E-state index contributed by atoms with van der Waals surface area (Å²) in [5, 5.41) is 9.35. The standard InChI is InChI=1S/C18H19ClN2O2/c1-10-15(12-6-7-13(9-20)14(19)8-12)16(11(2)21-10)17(22)23-18(3,4)5/h6-8,21H,1-5H3. The van der Waals surface area contributed by atoms with Crippen LogP contribution in [0.15, 0.2) is 18.2 Å². The Kier molecular flexibility index (Phi) is 4.53. The van der Waals surface area contributed by atoms with Gasteiger partial charge in [0.2, 0.25) is 0 Å². The molecule has 0 saturated heterocycles. The van der Waals surface area contributed by atoms with Crippen molar-refractivity contribution in [2.45, 2.75) is 40.2 Å². The molecule has 0 fully saturated rings. The maximum atomic E-state index is 12.6. The second-order valence-corrected chi connectivity index (χ2v) is 6.84. The van der Waals surface area contributed by atoms with Crippen LogP contribution in [0.4, 0.5) is 0 Å².